The van der Waals surface area contributed by atoms with E-state index in [1.807, 2.05) is 109 Å². The Bertz CT molecular complexity index is 1940. The van der Waals surface area contributed by atoms with Gasteiger partial charge in [-0.05, 0) is 45.5 Å². The number of ether oxygens (including phenoxy) is 3. The summed E-state index contributed by atoms with van der Waals surface area (Å²) >= 11 is 1.60. The second-order valence-corrected chi connectivity index (χ2v) is 13.8. The number of aromatic nitrogens is 3. The molecule has 1 fully saturated rings. The topological polar surface area (TPSA) is 137 Å². The third kappa shape index (κ3) is 9.25. The predicted octanol–water partition coefficient (Wildman–Crippen LogP) is 6.14. The maximum atomic E-state index is 12.9. The van der Waals surface area contributed by atoms with Gasteiger partial charge in [-0.15, -0.1) is 10.2 Å². The van der Waals surface area contributed by atoms with Crippen molar-refractivity contribution in [1.29, 1.82) is 0 Å². The predicted molar refractivity (Wildman–Crippen MR) is 198 cm³/mol. The molecule has 12 heteroatoms. The van der Waals surface area contributed by atoms with Crippen LogP contribution >= 0.6 is 11.8 Å². The van der Waals surface area contributed by atoms with Gasteiger partial charge in [-0.1, -0.05) is 110 Å². The lowest BCUT2D eigenvalue weighted by atomic mass is 9.91. The minimum Gasteiger partial charge on any atom is -0.467 e. The van der Waals surface area contributed by atoms with Crippen molar-refractivity contribution in [3.05, 3.63) is 137 Å². The van der Waals surface area contributed by atoms with Crippen molar-refractivity contribution >= 4 is 23.8 Å². The van der Waals surface area contributed by atoms with Crippen molar-refractivity contribution in [2.75, 3.05) is 12.9 Å². The first-order chi connectivity index (χ1) is 25.3. The third-order valence-corrected chi connectivity index (χ3v) is 10.2. The lowest BCUT2D eigenvalue weighted by Crippen LogP contribution is -2.47. The number of rotatable bonds is 13. The fourth-order valence-corrected chi connectivity index (χ4v) is 7.22. The van der Waals surface area contributed by atoms with Crippen LogP contribution in [0.4, 0.5) is 4.79 Å². The highest BCUT2D eigenvalue weighted by atomic mass is 32.2. The van der Waals surface area contributed by atoms with E-state index in [2.05, 4.69) is 33.8 Å². The average Bonchev–Trinajstić information content (AvgIpc) is 3.60. The Morgan fingerprint density at radius 2 is 1.63 bits per heavy atom. The van der Waals surface area contributed by atoms with Crippen LogP contribution in [0.2, 0.25) is 0 Å². The summed E-state index contributed by atoms with van der Waals surface area (Å²) in [4.78, 5) is 25.3. The molecule has 0 bridgehead atoms. The number of thioether (sulfide) groups is 1. The number of aliphatic hydroxyl groups excluding tert-OH is 1. The number of hydrogen-bond acceptors (Lipinski definition) is 9. The molecule has 1 aliphatic rings. The fraction of sp³-hybridized carbons (Fsp3) is 0.300. The van der Waals surface area contributed by atoms with E-state index in [0.717, 1.165) is 44.1 Å². The van der Waals surface area contributed by atoms with Crippen molar-refractivity contribution in [2.45, 2.75) is 56.2 Å². The molecular weight excluding hydrogens is 679 g/mol. The van der Waals surface area contributed by atoms with Crippen LogP contribution in [-0.2, 0) is 45.6 Å². The lowest BCUT2D eigenvalue weighted by molar-refractivity contribution is -0.268. The molecule has 52 heavy (non-hydrogen) atoms. The van der Waals surface area contributed by atoms with E-state index in [9.17, 15) is 14.7 Å². The Morgan fingerprint density at radius 3 is 2.35 bits per heavy atom. The number of methoxy groups -OCH3 is 1. The number of hydrogen-bond donors (Lipinski definition) is 3. The lowest BCUT2D eigenvalue weighted by Gasteiger charge is -2.41. The Labute approximate surface area is 307 Å². The number of esters is 1. The monoisotopic (exact) mass is 721 g/mol. The van der Waals surface area contributed by atoms with Crippen LogP contribution in [0, 0.1) is 5.92 Å². The van der Waals surface area contributed by atoms with Gasteiger partial charge in [0.1, 0.15) is 12.4 Å². The maximum absolute atomic E-state index is 12.9. The van der Waals surface area contributed by atoms with Crippen LogP contribution in [0.15, 0.2) is 115 Å². The molecule has 2 heterocycles. The van der Waals surface area contributed by atoms with Crippen molar-refractivity contribution in [3.8, 4) is 11.1 Å². The molecule has 5 atom stereocenters. The number of amides is 2. The summed E-state index contributed by atoms with van der Waals surface area (Å²) in [6.07, 6.45) is 0.976. The third-order valence-electron chi connectivity index (χ3n) is 9.12. The highest BCUT2D eigenvalue weighted by Crippen LogP contribution is 2.43. The van der Waals surface area contributed by atoms with Gasteiger partial charge < -0.3 is 34.5 Å². The summed E-state index contributed by atoms with van der Waals surface area (Å²) in [5.74, 6) is 0.179. The van der Waals surface area contributed by atoms with Gasteiger partial charge in [-0.2, -0.15) is 0 Å². The number of carbonyl (C=O) groups is 2. The molecule has 0 radical (unpaired) electrons. The van der Waals surface area contributed by atoms with Crippen LogP contribution in [0.1, 0.15) is 47.1 Å². The van der Waals surface area contributed by atoms with Gasteiger partial charge in [-0.25, -0.2) is 9.59 Å². The molecule has 11 nitrogen and oxygen atoms in total. The first-order valence-corrected chi connectivity index (χ1v) is 18.1. The molecular formula is C40H43N5O6S. The Morgan fingerprint density at radius 1 is 0.904 bits per heavy atom. The smallest absolute Gasteiger partial charge is 0.328 e. The summed E-state index contributed by atoms with van der Waals surface area (Å²) in [5, 5.41) is 24.3. The van der Waals surface area contributed by atoms with Crippen molar-refractivity contribution in [2.24, 2.45) is 13.0 Å². The van der Waals surface area contributed by atoms with Crippen molar-refractivity contribution < 1.29 is 28.9 Å². The maximum Gasteiger partial charge on any atom is 0.328 e. The Balaban J connectivity index is 1.16. The van der Waals surface area contributed by atoms with E-state index in [4.69, 9.17) is 14.2 Å². The van der Waals surface area contributed by atoms with E-state index < -0.39 is 24.3 Å². The van der Waals surface area contributed by atoms with E-state index in [1.54, 1.807) is 18.1 Å². The second-order valence-electron chi connectivity index (χ2n) is 12.8. The minimum atomic E-state index is -0.821. The molecule has 4 aromatic carbocycles. The summed E-state index contributed by atoms with van der Waals surface area (Å²) in [5.41, 5.74) is 6.48. The SMILES string of the molecule is COC(=O)[C@H](Cc1ccccc1)NC(=O)NCc1cccc(-c2cccc([C@H]3O[C@@H](CSc4nncn4C)[C@@H](C)[C@@H](c4ccc(CO)cc4)O3)c2)c1. The van der Waals surface area contributed by atoms with Crippen LogP contribution in [0.5, 0.6) is 0 Å². The molecule has 1 saturated heterocycles. The van der Waals surface area contributed by atoms with Gasteiger partial charge in [0.05, 0.1) is 25.9 Å². The number of nitrogens with one attached hydrogen (secondary N) is 2. The van der Waals surface area contributed by atoms with E-state index in [-0.39, 0.29) is 31.3 Å². The summed E-state index contributed by atoms with van der Waals surface area (Å²) < 4.78 is 20.2. The quantitative estimate of drug-likeness (QED) is 0.0968. The standard InChI is InChI=1S/C40H43N5O6S/c1-26-35(24-52-40-44-42-25-45(40)2)50-38(51-36(26)30-17-15-28(23-46)16-18-30)33-14-8-13-32(21-33)31-12-7-11-29(19-31)22-41-39(48)43-34(37(47)49-3)20-27-9-5-4-6-10-27/h4-19,21,25-26,34-36,38,46H,20,22-24H2,1-3H3,(H2,41,43,48)/t26-,34+,35+,36+,38+/m1/s1. The summed E-state index contributed by atoms with van der Waals surface area (Å²) in [6.45, 7) is 2.37. The molecule has 270 valence electrons. The molecule has 0 saturated carbocycles. The summed E-state index contributed by atoms with van der Waals surface area (Å²) in [6, 6.07) is 32.1. The largest absolute Gasteiger partial charge is 0.467 e. The van der Waals surface area contributed by atoms with Gasteiger partial charge in [-0.3, -0.25) is 0 Å². The minimum absolute atomic E-state index is 0.0219. The highest BCUT2D eigenvalue weighted by Gasteiger charge is 2.38. The zero-order valence-electron chi connectivity index (χ0n) is 29.3. The summed E-state index contributed by atoms with van der Waals surface area (Å²) in [7, 11) is 3.23. The zero-order chi connectivity index (χ0) is 36.5. The molecule has 2 amide bonds. The van der Waals surface area contributed by atoms with Gasteiger partial charge in [0.25, 0.3) is 0 Å². The van der Waals surface area contributed by atoms with Crippen LogP contribution in [0.3, 0.4) is 0 Å². The molecule has 0 spiro atoms. The number of benzene rings is 4. The van der Waals surface area contributed by atoms with E-state index in [1.165, 1.54) is 7.11 Å². The molecule has 0 unspecified atom stereocenters. The van der Waals surface area contributed by atoms with Crippen LogP contribution < -0.4 is 10.6 Å². The van der Waals surface area contributed by atoms with E-state index in [0.29, 0.717) is 12.2 Å². The van der Waals surface area contributed by atoms with Crippen LogP contribution in [0.25, 0.3) is 11.1 Å². The Kier molecular flexibility index (Phi) is 12.4. The number of aliphatic hydroxyl groups is 1. The molecule has 5 aromatic rings. The zero-order valence-corrected chi connectivity index (χ0v) is 30.2. The van der Waals surface area contributed by atoms with Crippen LogP contribution in [-0.4, -0.2) is 56.9 Å². The van der Waals surface area contributed by atoms with Gasteiger partial charge in [0.2, 0.25) is 0 Å². The average molecular weight is 722 g/mol. The van der Waals surface area contributed by atoms with E-state index >= 15 is 0 Å². The van der Waals surface area contributed by atoms with Gasteiger partial charge in [0, 0.05) is 37.2 Å². The number of aryl methyl sites for hydroxylation is 1. The van der Waals surface area contributed by atoms with Crippen molar-refractivity contribution in [1.82, 2.24) is 25.4 Å². The molecule has 3 N–H and O–H groups in total. The molecule has 1 aromatic heterocycles. The van der Waals surface area contributed by atoms with Crippen molar-refractivity contribution in [3.63, 3.8) is 0 Å². The normalized spacial score (nSPS) is 19.1. The molecule has 0 aliphatic carbocycles. The second kappa shape index (κ2) is 17.5. The molecule has 1 aliphatic heterocycles. The first-order valence-electron chi connectivity index (χ1n) is 17.1. The fourth-order valence-electron chi connectivity index (χ4n) is 6.17. The number of carbonyl (C=O) groups excluding carboxylic acids is 2. The first kappa shape index (κ1) is 36.8. The van der Waals surface area contributed by atoms with Gasteiger partial charge >= 0.3 is 12.0 Å². The number of urea groups is 1. The highest BCUT2D eigenvalue weighted by molar-refractivity contribution is 7.99. The van der Waals surface area contributed by atoms with Gasteiger partial charge in [0.15, 0.2) is 11.4 Å². The molecule has 6 rings (SSSR count). The number of nitrogens with zero attached hydrogens (tertiary/aromatic N) is 3. The Hall–Kier alpha value is -5.01.